The van der Waals surface area contributed by atoms with Crippen LogP contribution in [0.1, 0.15) is 19.8 Å². The maximum absolute atomic E-state index is 5.24. The van der Waals surface area contributed by atoms with Crippen molar-refractivity contribution in [1.82, 2.24) is 9.71 Å². The van der Waals surface area contributed by atoms with E-state index in [-0.39, 0.29) is 0 Å². The smallest absolute Gasteiger partial charge is 0.131 e. The third kappa shape index (κ3) is 2.09. The molecule has 0 aliphatic carbocycles. The zero-order valence-corrected chi connectivity index (χ0v) is 6.16. The first kappa shape index (κ1) is 7.12. The second-order valence-corrected chi connectivity index (χ2v) is 2.11. The maximum atomic E-state index is 5.24. The number of unbranched alkanes of at least 4 members (excludes halogenated alkanes) is 1. The first-order valence-electron chi connectivity index (χ1n) is 3.54. The van der Waals surface area contributed by atoms with Gasteiger partial charge in [0.2, 0.25) is 0 Å². The first-order chi connectivity index (χ1) is 4.93. The van der Waals surface area contributed by atoms with Crippen LogP contribution >= 0.6 is 0 Å². The summed E-state index contributed by atoms with van der Waals surface area (Å²) in [6.07, 6.45) is 7.39. The molecule has 1 aromatic heterocycles. The van der Waals surface area contributed by atoms with E-state index in [1.54, 1.807) is 23.5 Å². The summed E-state index contributed by atoms with van der Waals surface area (Å²) >= 11 is 0. The highest BCUT2D eigenvalue weighted by Crippen LogP contribution is 1.86. The molecule has 0 aliphatic heterocycles. The zero-order valence-electron chi connectivity index (χ0n) is 6.16. The van der Waals surface area contributed by atoms with Crippen molar-refractivity contribution in [1.29, 1.82) is 0 Å². The fraction of sp³-hybridized carbons (Fsp3) is 0.571. The quantitative estimate of drug-likeness (QED) is 0.586. The summed E-state index contributed by atoms with van der Waals surface area (Å²) in [6, 6.07) is 0. The third-order valence-electron chi connectivity index (χ3n) is 1.22. The maximum Gasteiger partial charge on any atom is 0.131 e. The highest BCUT2D eigenvalue weighted by molar-refractivity contribution is 4.69. The van der Waals surface area contributed by atoms with Crippen LogP contribution in [-0.2, 0) is 0 Å². The number of hydrogen-bond donors (Lipinski definition) is 0. The molecule has 0 N–H and O–H groups in total. The largest absolute Gasteiger partial charge is 0.413 e. The SMILES string of the molecule is CCCCOn1ccnc1. The summed E-state index contributed by atoms with van der Waals surface area (Å²) in [5.41, 5.74) is 0. The minimum atomic E-state index is 0.771. The monoisotopic (exact) mass is 140 g/mol. The molecule has 0 atom stereocenters. The molecule has 0 saturated heterocycles. The number of nitrogens with zero attached hydrogens (tertiary/aromatic N) is 2. The van der Waals surface area contributed by atoms with Gasteiger partial charge in [-0.2, -0.15) is 4.73 Å². The van der Waals surface area contributed by atoms with Crippen molar-refractivity contribution in [2.45, 2.75) is 19.8 Å². The van der Waals surface area contributed by atoms with E-state index < -0.39 is 0 Å². The van der Waals surface area contributed by atoms with Gasteiger partial charge in [-0.3, -0.25) is 0 Å². The highest BCUT2D eigenvalue weighted by Gasteiger charge is 1.86. The van der Waals surface area contributed by atoms with E-state index in [1.165, 1.54) is 0 Å². The Hall–Kier alpha value is -0.990. The summed E-state index contributed by atoms with van der Waals surface area (Å²) < 4.78 is 1.62. The van der Waals surface area contributed by atoms with Gasteiger partial charge in [0.25, 0.3) is 0 Å². The summed E-state index contributed by atoms with van der Waals surface area (Å²) in [5, 5.41) is 0. The number of rotatable bonds is 4. The van der Waals surface area contributed by atoms with Gasteiger partial charge in [-0.05, 0) is 6.42 Å². The van der Waals surface area contributed by atoms with Crippen LogP contribution in [0.5, 0.6) is 0 Å². The third-order valence-corrected chi connectivity index (χ3v) is 1.22. The Labute approximate surface area is 60.6 Å². The van der Waals surface area contributed by atoms with E-state index >= 15 is 0 Å². The predicted octanol–water partition coefficient (Wildman–Crippen LogP) is 1.11. The summed E-state index contributed by atoms with van der Waals surface area (Å²) in [6.45, 7) is 2.91. The lowest BCUT2D eigenvalue weighted by molar-refractivity contribution is 0.107. The second kappa shape index (κ2) is 3.93. The van der Waals surface area contributed by atoms with Crippen molar-refractivity contribution in [2.75, 3.05) is 6.61 Å². The van der Waals surface area contributed by atoms with Gasteiger partial charge in [0.15, 0.2) is 0 Å². The number of imidazole rings is 1. The normalized spacial score (nSPS) is 9.70. The van der Waals surface area contributed by atoms with E-state index in [0.29, 0.717) is 0 Å². The van der Waals surface area contributed by atoms with E-state index in [0.717, 1.165) is 19.4 Å². The van der Waals surface area contributed by atoms with Crippen LogP contribution in [-0.4, -0.2) is 16.3 Å². The van der Waals surface area contributed by atoms with E-state index in [2.05, 4.69) is 11.9 Å². The minimum Gasteiger partial charge on any atom is -0.413 e. The molecule has 0 aromatic carbocycles. The average molecular weight is 140 g/mol. The van der Waals surface area contributed by atoms with Crippen molar-refractivity contribution < 1.29 is 4.84 Å². The van der Waals surface area contributed by atoms with Crippen molar-refractivity contribution in [3.63, 3.8) is 0 Å². The van der Waals surface area contributed by atoms with Crippen LogP contribution in [0, 0.1) is 0 Å². The van der Waals surface area contributed by atoms with Gasteiger partial charge in [-0.1, -0.05) is 13.3 Å². The molecule has 0 spiro atoms. The molecular weight excluding hydrogens is 128 g/mol. The lowest BCUT2D eigenvalue weighted by Crippen LogP contribution is -2.09. The van der Waals surface area contributed by atoms with Crippen molar-refractivity contribution in [3.8, 4) is 0 Å². The fourth-order valence-electron chi connectivity index (χ4n) is 0.638. The lowest BCUT2D eigenvalue weighted by Gasteiger charge is -2.02. The van der Waals surface area contributed by atoms with Crippen LogP contribution in [0.3, 0.4) is 0 Å². The average Bonchev–Trinajstić information content (AvgIpc) is 2.41. The molecule has 56 valence electrons. The summed E-state index contributed by atoms with van der Waals surface area (Å²) in [4.78, 5) is 9.08. The Kier molecular flexibility index (Phi) is 2.80. The van der Waals surface area contributed by atoms with Crippen LogP contribution in [0.25, 0.3) is 0 Å². The Morgan fingerprint density at radius 1 is 1.60 bits per heavy atom. The summed E-state index contributed by atoms with van der Waals surface area (Å²) in [5.74, 6) is 0. The fourth-order valence-corrected chi connectivity index (χ4v) is 0.638. The molecule has 0 amide bonds. The van der Waals surface area contributed by atoms with Gasteiger partial charge in [-0.25, -0.2) is 4.98 Å². The van der Waals surface area contributed by atoms with Crippen LogP contribution in [0.15, 0.2) is 18.7 Å². The van der Waals surface area contributed by atoms with E-state index in [1.807, 2.05) is 0 Å². The van der Waals surface area contributed by atoms with Crippen LogP contribution in [0.4, 0.5) is 0 Å². The van der Waals surface area contributed by atoms with Gasteiger partial charge >= 0.3 is 0 Å². The molecule has 0 bridgehead atoms. The molecule has 1 aromatic rings. The standard InChI is InChI=1S/C7H12N2O/c1-2-3-6-10-9-5-4-8-7-9/h4-5,7H,2-3,6H2,1H3. The summed E-state index contributed by atoms with van der Waals surface area (Å²) in [7, 11) is 0. The molecule has 10 heavy (non-hydrogen) atoms. The lowest BCUT2D eigenvalue weighted by atomic mass is 10.4. The Bertz CT molecular complexity index is 160. The van der Waals surface area contributed by atoms with Crippen LogP contribution in [0.2, 0.25) is 0 Å². The molecule has 1 rings (SSSR count). The minimum absolute atomic E-state index is 0.771. The van der Waals surface area contributed by atoms with Gasteiger partial charge in [0.05, 0.1) is 6.20 Å². The number of aromatic nitrogens is 2. The van der Waals surface area contributed by atoms with E-state index in [4.69, 9.17) is 4.84 Å². The van der Waals surface area contributed by atoms with Gasteiger partial charge < -0.3 is 4.84 Å². The second-order valence-electron chi connectivity index (χ2n) is 2.11. The van der Waals surface area contributed by atoms with Crippen molar-refractivity contribution in [3.05, 3.63) is 18.7 Å². The predicted molar refractivity (Wildman–Crippen MR) is 38.6 cm³/mol. The molecule has 0 radical (unpaired) electrons. The Morgan fingerprint density at radius 3 is 3.10 bits per heavy atom. The van der Waals surface area contributed by atoms with E-state index in [9.17, 15) is 0 Å². The molecule has 1 heterocycles. The Balaban J connectivity index is 2.15. The van der Waals surface area contributed by atoms with Crippen LogP contribution < -0.4 is 4.84 Å². The van der Waals surface area contributed by atoms with Crippen molar-refractivity contribution >= 4 is 0 Å². The molecule has 0 aliphatic rings. The van der Waals surface area contributed by atoms with Crippen molar-refractivity contribution in [2.24, 2.45) is 0 Å². The topological polar surface area (TPSA) is 27.1 Å². The first-order valence-corrected chi connectivity index (χ1v) is 3.54. The molecule has 0 unspecified atom stereocenters. The number of hydrogen-bond acceptors (Lipinski definition) is 2. The molecular formula is C7H12N2O. The molecule has 0 fully saturated rings. The highest BCUT2D eigenvalue weighted by atomic mass is 16.7. The zero-order chi connectivity index (χ0) is 7.23. The van der Waals surface area contributed by atoms with Gasteiger partial charge in [0, 0.05) is 6.20 Å². The molecule has 0 saturated carbocycles. The van der Waals surface area contributed by atoms with Gasteiger partial charge in [-0.15, -0.1) is 0 Å². The van der Waals surface area contributed by atoms with Gasteiger partial charge in [0.1, 0.15) is 12.9 Å². The Morgan fingerprint density at radius 2 is 2.50 bits per heavy atom. The molecule has 3 heteroatoms. The molecule has 3 nitrogen and oxygen atoms in total.